The summed E-state index contributed by atoms with van der Waals surface area (Å²) in [5, 5.41) is 3.32. The normalized spacial score (nSPS) is 19.5. The fourth-order valence-corrected chi connectivity index (χ4v) is 7.23. The Bertz CT molecular complexity index is 1530. The average molecular weight is 569 g/mol. The summed E-state index contributed by atoms with van der Waals surface area (Å²) in [6.45, 7) is 5.86. The largest absolute Gasteiger partial charge is 0.496 e. The van der Waals surface area contributed by atoms with Crippen LogP contribution in [0.25, 0.3) is 0 Å². The van der Waals surface area contributed by atoms with Crippen LogP contribution < -0.4 is 19.1 Å². The van der Waals surface area contributed by atoms with Gasteiger partial charge in [0.05, 0.1) is 30.5 Å². The van der Waals surface area contributed by atoms with Gasteiger partial charge in [-0.1, -0.05) is 18.2 Å². The maximum atomic E-state index is 15.6. The number of nitrogens with zero attached hydrogens (tertiary/aromatic N) is 3. The molecule has 1 atom stereocenters. The van der Waals surface area contributed by atoms with Gasteiger partial charge in [-0.05, 0) is 62.2 Å². The maximum Gasteiger partial charge on any atom is 0.271 e. The van der Waals surface area contributed by atoms with Gasteiger partial charge in [0.15, 0.2) is 0 Å². The number of aryl methyl sites for hydroxylation is 1. The van der Waals surface area contributed by atoms with E-state index in [0.717, 1.165) is 30.5 Å². The molecular formula is C29H33FN4O5S. The number of benzene rings is 2. The highest BCUT2D eigenvalue weighted by molar-refractivity contribution is 7.93. The first kappa shape index (κ1) is 28.0. The Labute approximate surface area is 234 Å². The minimum absolute atomic E-state index is 0.0777. The summed E-state index contributed by atoms with van der Waals surface area (Å²) in [7, 11) is -1.46. The highest BCUT2D eigenvalue weighted by Crippen LogP contribution is 2.51. The third kappa shape index (κ3) is 4.71. The Hall–Kier alpha value is -3.54. The van der Waals surface area contributed by atoms with Gasteiger partial charge in [0.25, 0.3) is 15.9 Å². The molecule has 0 spiro atoms. The minimum atomic E-state index is -4.40. The summed E-state index contributed by atoms with van der Waals surface area (Å²) < 4.78 is 55.3. The molecule has 3 aromatic rings. The summed E-state index contributed by atoms with van der Waals surface area (Å²) in [5.41, 5.74) is -0.732. The van der Waals surface area contributed by atoms with E-state index in [1.165, 1.54) is 50.6 Å². The molecule has 1 aromatic heterocycles. The molecule has 2 aliphatic rings. The van der Waals surface area contributed by atoms with Gasteiger partial charge in [0.1, 0.15) is 17.0 Å². The Kier molecular flexibility index (Phi) is 7.80. The minimum Gasteiger partial charge on any atom is -0.496 e. The monoisotopic (exact) mass is 568 g/mol. The highest BCUT2D eigenvalue weighted by Gasteiger charge is 2.58. The number of rotatable bonds is 9. The second-order valence-electron chi connectivity index (χ2n) is 10.0. The van der Waals surface area contributed by atoms with E-state index in [9.17, 15) is 13.2 Å². The van der Waals surface area contributed by atoms with Crippen LogP contribution in [0.2, 0.25) is 0 Å². The number of fused-ring (bicyclic) bond motifs is 1. The fraction of sp³-hybridized carbons (Fsp3) is 0.379. The lowest BCUT2D eigenvalue weighted by Gasteiger charge is -2.31. The lowest BCUT2D eigenvalue weighted by atomic mass is 9.74. The smallest absolute Gasteiger partial charge is 0.271 e. The van der Waals surface area contributed by atoms with Crippen molar-refractivity contribution < 1.29 is 27.1 Å². The fourth-order valence-electron chi connectivity index (χ4n) is 5.68. The second-order valence-corrected chi connectivity index (χ2v) is 11.8. The number of sulfonamides is 1. The number of amides is 1. The zero-order valence-electron chi connectivity index (χ0n) is 22.8. The Morgan fingerprint density at radius 3 is 2.48 bits per heavy atom. The number of carbonyl (C=O) groups is 1. The second kappa shape index (κ2) is 11.1. The molecule has 40 heavy (non-hydrogen) atoms. The van der Waals surface area contributed by atoms with Crippen LogP contribution in [0, 0.1) is 12.7 Å². The van der Waals surface area contributed by atoms with Crippen molar-refractivity contribution in [1.82, 2.24) is 15.2 Å². The molecule has 11 heteroatoms. The first-order valence-corrected chi connectivity index (χ1v) is 14.7. The van der Waals surface area contributed by atoms with Crippen LogP contribution in [0.3, 0.4) is 0 Å². The molecule has 0 saturated carbocycles. The molecule has 9 nitrogen and oxygen atoms in total. The van der Waals surface area contributed by atoms with Gasteiger partial charge in [0.2, 0.25) is 5.88 Å². The number of pyridine rings is 1. The van der Waals surface area contributed by atoms with E-state index in [4.69, 9.17) is 9.47 Å². The molecule has 212 valence electrons. The highest BCUT2D eigenvalue weighted by atomic mass is 32.2. The predicted molar refractivity (Wildman–Crippen MR) is 149 cm³/mol. The van der Waals surface area contributed by atoms with Gasteiger partial charge >= 0.3 is 0 Å². The number of ether oxygens (including phenoxy) is 2. The van der Waals surface area contributed by atoms with Crippen LogP contribution >= 0.6 is 0 Å². The maximum absolute atomic E-state index is 15.6. The van der Waals surface area contributed by atoms with Gasteiger partial charge in [-0.3, -0.25) is 4.79 Å². The molecule has 1 N–H and O–H groups in total. The predicted octanol–water partition coefficient (Wildman–Crippen LogP) is 3.25. The van der Waals surface area contributed by atoms with E-state index in [0.29, 0.717) is 24.3 Å². The summed E-state index contributed by atoms with van der Waals surface area (Å²) in [6.07, 6.45) is 0.686. The van der Waals surface area contributed by atoms with Crippen molar-refractivity contribution in [2.45, 2.75) is 30.1 Å². The van der Waals surface area contributed by atoms with E-state index in [1.54, 1.807) is 25.1 Å². The zero-order chi connectivity index (χ0) is 28.5. The van der Waals surface area contributed by atoms with Gasteiger partial charge in [-0.15, -0.1) is 0 Å². The van der Waals surface area contributed by atoms with Gasteiger partial charge in [-0.2, -0.15) is 4.31 Å². The molecule has 3 heterocycles. The van der Waals surface area contributed by atoms with Crippen LogP contribution in [-0.4, -0.2) is 71.2 Å². The molecule has 2 aliphatic heterocycles. The lowest BCUT2D eigenvalue weighted by Crippen LogP contribution is -2.46. The number of carbonyl (C=O) groups excluding carboxylic acids is 1. The van der Waals surface area contributed by atoms with Crippen molar-refractivity contribution in [2.24, 2.45) is 0 Å². The topological polar surface area (TPSA) is 101 Å². The van der Waals surface area contributed by atoms with Crippen molar-refractivity contribution in [3.63, 3.8) is 0 Å². The standard InChI is InChI=1S/C29H33FN4O5S/c1-20-19-21(9-11-25(20)38-2)40(36,37)34-24-10-12-26(39-3)32-27(24)29(28(34)35,22-7-4-5-8-23(22)30)13-6-16-33-17-14-31-15-18-33/h4-5,7-12,19,31H,6,13-18H2,1-3H3. The molecule has 1 amide bonds. The number of nitrogens with one attached hydrogen (secondary N) is 1. The van der Waals surface area contributed by atoms with E-state index < -0.39 is 27.2 Å². The molecule has 0 radical (unpaired) electrons. The molecule has 2 aromatic carbocycles. The van der Waals surface area contributed by atoms with Crippen molar-refractivity contribution in [2.75, 3.05) is 51.2 Å². The number of aromatic nitrogens is 1. The third-order valence-corrected chi connectivity index (χ3v) is 9.40. The molecule has 1 saturated heterocycles. The molecule has 0 bridgehead atoms. The van der Waals surface area contributed by atoms with E-state index in [2.05, 4.69) is 15.2 Å². The third-order valence-electron chi connectivity index (χ3n) is 7.70. The van der Waals surface area contributed by atoms with E-state index >= 15 is 4.39 Å². The van der Waals surface area contributed by atoms with Crippen LogP contribution in [0.4, 0.5) is 10.1 Å². The lowest BCUT2D eigenvalue weighted by molar-refractivity contribution is -0.121. The number of hydrogen-bond acceptors (Lipinski definition) is 8. The first-order chi connectivity index (χ1) is 19.2. The van der Waals surface area contributed by atoms with Crippen molar-refractivity contribution >= 4 is 21.6 Å². The van der Waals surface area contributed by atoms with Crippen LogP contribution in [0.15, 0.2) is 59.5 Å². The van der Waals surface area contributed by atoms with Crippen LogP contribution in [0.5, 0.6) is 11.6 Å². The first-order valence-electron chi connectivity index (χ1n) is 13.2. The van der Waals surface area contributed by atoms with E-state index in [-0.39, 0.29) is 34.1 Å². The molecular weight excluding hydrogens is 535 g/mol. The Morgan fingerprint density at radius 1 is 1.05 bits per heavy atom. The number of hydrogen-bond donors (Lipinski definition) is 1. The Balaban J connectivity index is 1.66. The van der Waals surface area contributed by atoms with E-state index in [1.807, 2.05) is 0 Å². The van der Waals surface area contributed by atoms with Crippen molar-refractivity contribution in [3.05, 3.63) is 77.2 Å². The van der Waals surface area contributed by atoms with Gasteiger partial charge in [0, 0.05) is 37.8 Å². The molecule has 1 fully saturated rings. The number of halogens is 1. The van der Waals surface area contributed by atoms with Crippen molar-refractivity contribution in [1.29, 1.82) is 0 Å². The van der Waals surface area contributed by atoms with Gasteiger partial charge < -0.3 is 19.7 Å². The summed E-state index contributed by atoms with van der Waals surface area (Å²) in [4.78, 5) is 21.4. The molecule has 1 unspecified atom stereocenters. The SMILES string of the molecule is COc1ccc2c(n1)C(CCCN1CCNCC1)(c1ccccc1F)C(=O)N2S(=O)(=O)c1ccc(OC)c(C)c1. The Morgan fingerprint density at radius 2 is 1.80 bits per heavy atom. The summed E-state index contributed by atoms with van der Waals surface area (Å²) in [6, 6.07) is 13.4. The number of piperazine rings is 1. The number of anilines is 1. The molecule has 5 rings (SSSR count). The van der Waals surface area contributed by atoms with Gasteiger partial charge in [-0.25, -0.2) is 17.8 Å². The van der Waals surface area contributed by atoms with Crippen LogP contribution in [0.1, 0.15) is 29.7 Å². The molecule has 0 aliphatic carbocycles. The average Bonchev–Trinajstić information content (AvgIpc) is 3.21. The quantitative estimate of drug-likeness (QED) is 0.420. The zero-order valence-corrected chi connectivity index (χ0v) is 23.6. The summed E-state index contributed by atoms with van der Waals surface area (Å²) >= 11 is 0. The number of methoxy groups -OCH3 is 2. The van der Waals surface area contributed by atoms with Crippen molar-refractivity contribution in [3.8, 4) is 11.6 Å². The van der Waals surface area contributed by atoms with Crippen LogP contribution in [-0.2, 0) is 20.2 Å². The summed E-state index contributed by atoms with van der Waals surface area (Å²) in [5.74, 6) is -0.642.